The van der Waals surface area contributed by atoms with Crippen LogP contribution in [-0.4, -0.2) is 5.91 Å². The molecule has 0 fully saturated rings. The fraction of sp³-hybridized carbons (Fsp3) is 0.267. The first kappa shape index (κ1) is 14.1. The molecule has 0 radical (unpaired) electrons. The fourth-order valence-corrected chi connectivity index (χ4v) is 2.67. The number of carbonyl (C=O) groups is 1. The van der Waals surface area contributed by atoms with Gasteiger partial charge >= 0.3 is 0 Å². The summed E-state index contributed by atoms with van der Waals surface area (Å²) in [5.41, 5.74) is 0.823. The lowest BCUT2D eigenvalue weighted by molar-refractivity contribution is 0.103. The number of benzene rings is 1. The van der Waals surface area contributed by atoms with Gasteiger partial charge in [-0.1, -0.05) is 32.4 Å². The van der Waals surface area contributed by atoms with Crippen LogP contribution in [0.2, 0.25) is 5.02 Å². The Labute approximate surface area is 122 Å². The lowest BCUT2D eigenvalue weighted by Crippen LogP contribution is -2.10. The molecule has 0 aliphatic heterocycles. The summed E-state index contributed by atoms with van der Waals surface area (Å²) < 4.78 is 0. The largest absolute Gasteiger partial charge is 0.321 e. The third kappa shape index (κ3) is 3.58. The molecule has 0 spiro atoms. The van der Waals surface area contributed by atoms with Gasteiger partial charge in [-0.25, -0.2) is 0 Å². The molecule has 0 atom stereocenters. The summed E-state index contributed by atoms with van der Waals surface area (Å²) in [5, 5.41) is 3.52. The quantitative estimate of drug-likeness (QED) is 0.834. The van der Waals surface area contributed by atoms with Crippen molar-refractivity contribution in [2.75, 3.05) is 5.32 Å². The Morgan fingerprint density at radius 2 is 1.74 bits per heavy atom. The Morgan fingerprint density at radius 1 is 1.11 bits per heavy atom. The van der Waals surface area contributed by atoms with Gasteiger partial charge in [-0.15, -0.1) is 11.3 Å². The molecule has 1 heterocycles. The van der Waals surface area contributed by atoms with Gasteiger partial charge in [0.05, 0.1) is 4.88 Å². The van der Waals surface area contributed by atoms with E-state index < -0.39 is 0 Å². The number of hydrogen-bond acceptors (Lipinski definition) is 2. The molecule has 1 aromatic carbocycles. The normalized spacial score (nSPS) is 11.4. The molecule has 1 N–H and O–H groups in total. The van der Waals surface area contributed by atoms with E-state index in [1.54, 1.807) is 24.3 Å². The first-order valence-corrected chi connectivity index (χ1v) is 7.23. The second kappa shape index (κ2) is 5.35. The maximum absolute atomic E-state index is 12.1. The Balaban J connectivity index is 2.12. The molecule has 2 rings (SSSR count). The third-order valence-electron chi connectivity index (χ3n) is 2.67. The Morgan fingerprint density at radius 3 is 2.26 bits per heavy atom. The molecule has 2 nitrogen and oxygen atoms in total. The SMILES string of the molecule is CC(C)(C)c1ccc(C(=O)Nc2ccc(Cl)cc2)s1. The second-order valence-electron chi connectivity index (χ2n) is 5.37. The van der Waals surface area contributed by atoms with Gasteiger partial charge in [-0.05, 0) is 41.8 Å². The maximum atomic E-state index is 12.1. The molecular formula is C15H16ClNOS. The molecule has 1 aromatic heterocycles. The first-order valence-electron chi connectivity index (χ1n) is 6.03. The minimum absolute atomic E-state index is 0.0729. The minimum Gasteiger partial charge on any atom is -0.321 e. The summed E-state index contributed by atoms with van der Waals surface area (Å²) in [6.07, 6.45) is 0. The standard InChI is InChI=1S/C15H16ClNOS/c1-15(2,3)13-9-8-12(19-13)14(18)17-11-6-4-10(16)5-7-11/h4-9H,1-3H3,(H,17,18). The molecule has 0 saturated carbocycles. The van der Waals surface area contributed by atoms with E-state index in [0.29, 0.717) is 5.02 Å². The zero-order valence-corrected chi connectivity index (χ0v) is 12.7. The zero-order chi connectivity index (χ0) is 14.0. The van der Waals surface area contributed by atoms with Crippen molar-refractivity contribution in [3.63, 3.8) is 0 Å². The highest BCUT2D eigenvalue weighted by Gasteiger charge is 2.18. The molecule has 100 valence electrons. The van der Waals surface area contributed by atoms with Gasteiger partial charge in [-0.2, -0.15) is 0 Å². The molecule has 0 bridgehead atoms. The van der Waals surface area contributed by atoms with Crippen molar-refractivity contribution >= 4 is 34.5 Å². The molecule has 19 heavy (non-hydrogen) atoms. The van der Waals surface area contributed by atoms with E-state index >= 15 is 0 Å². The lowest BCUT2D eigenvalue weighted by Gasteiger charge is -2.15. The van der Waals surface area contributed by atoms with Crippen LogP contribution in [0.3, 0.4) is 0 Å². The van der Waals surface area contributed by atoms with Gasteiger partial charge in [0.15, 0.2) is 0 Å². The van der Waals surface area contributed by atoms with E-state index in [4.69, 9.17) is 11.6 Å². The smallest absolute Gasteiger partial charge is 0.265 e. The molecule has 0 aliphatic carbocycles. The highest BCUT2D eigenvalue weighted by atomic mass is 35.5. The van der Waals surface area contributed by atoms with Crippen LogP contribution in [0.5, 0.6) is 0 Å². The number of thiophene rings is 1. The Kier molecular flexibility index (Phi) is 3.97. The van der Waals surface area contributed by atoms with Crippen molar-refractivity contribution in [1.82, 2.24) is 0 Å². The van der Waals surface area contributed by atoms with Crippen LogP contribution in [0.4, 0.5) is 5.69 Å². The zero-order valence-electron chi connectivity index (χ0n) is 11.2. The summed E-state index contributed by atoms with van der Waals surface area (Å²) in [7, 11) is 0. The van der Waals surface area contributed by atoms with Gasteiger partial charge in [0.2, 0.25) is 0 Å². The van der Waals surface area contributed by atoms with Crippen LogP contribution in [0.1, 0.15) is 35.3 Å². The number of rotatable bonds is 2. The highest BCUT2D eigenvalue weighted by molar-refractivity contribution is 7.14. The van der Waals surface area contributed by atoms with Crippen LogP contribution in [0.15, 0.2) is 36.4 Å². The van der Waals surface area contributed by atoms with Crippen LogP contribution in [-0.2, 0) is 5.41 Å². The number of hydrogen-bond donors (Lipinski definition) is 1. The number of nitrogens with one attached hydrogen (secondary N) is 1. The van der Waals surface area contributed by atoms with Crippen LogP contribution in [0.25, 0.3) is 0 Å². The van der Waals surface area contributed by atoms with Gasteiger partial charge in [-0.3, -0.25) is 4.79 Å². The van der Waals surface area contributed by atoms with E-state index in [0.717, 1.165) is 10.6 Å². The van der Waals surface area contributed by atoms with E-state index in [9.17, 15) is 4.79 Å². The second-order valence-corrected chi connectivity index (χ2v) is 6.90. The summed E-state index contributed by atoms with van der Waals surface area (Å²) in [6, 6.07) is 11.0. The average Bonchev–Trinajstić information content (AvgIpc) is 2.81. The Hall–Kier alpha value is -1.32. The average molecular weight is 294 g/mol. The van der Waals surface area contributed by atoms with E-state index in [2.05, 4.69) is 26.1 Å². The van der Waals surface area contributed by atoms with Crippen LogP contribution >= 0.6 is 22.9 Å². The van der Waals surface area contributed by atoms with E-state index in [1.165, 1.54) is 16.2 Å². The van der Waals surface area contributed by atoms with E-state index in [1.807, 2.05) is 12.1 Å². The van der Waals surface area contributed by atoms with Gasteiger partial charge in [0.1, 0.15) is 0 Å². The minimum atomic E-state index is -0.0807. The van der Waals surface area contributed by atoms with Crippen molar-refractivity contribution in [2.24, 2.45) is 0 Å². The lowest BCUT2D eigenvalue weighted by atomic mass is 9.95. The first-order chi connectivity index (χ1) is 8.86. The topological polar surface area (TPSA) is 29.1 Å². The van der Waals surface area contributed by atoms with Crippen LogP contribution in [0, 0.1) is 0 Å². The number of carbonyl (C=O) groups excluding carboxylic acids is 1. The molecule has 0 saturated heterocycles. The number of halogens is 1. The molecular weight excluding hydrogens is 278 g/mol. The summed E-state index contributed by atoms with van der Waals surface area (Å²) >= 11 is 7.34. The maximum Gasteiger partial charge on any atom is 0.265 e. The highest BCUT2D eigenvalue weighted by Crippen LogP contribution is 2.29. The summed E-state index contributed by atoms with van der Waals surface area (Å²) in [4.78, 5) is 14.0. The van der Waals surface area contributed by atoms with Crippen molar-refractivity contribution < 1.29 is 4.79 Å². The van der Waals surface area contributed by atoms with Crippen LogP contribution < -0.4 is 5.32 Å². The molecule has 0 unspecified atom stereocenters. The molecule has 2 aromatic rings. The molecule has 0 aliphatic rings. The fourth-order valence-electron chi connectivity index (χ4n) is 1.59. The monoisotopic (exact) mass is 293 g/mol. The van der Waals surface area contributed by atoms with Gasteiger partial charge in [0.25, 0.3) is 5.91 Å². The number of amides is 1. The van der Waals surface area contributed by atoms with Crippen molar-refractivity contribution in [1.29, 1.82) is 0 Å². The predicted octanol–water partition coefficient (Wildman–Crippen LogP) is 4.95. The van der Waals surface area contributed by atoms with Crippen molar-refractivity contribution in [3.05, 3.63) is 51.2 Å². The van der Waals surface area contributed by atoms with Gasteiger partial charge in [0, 0.05) is 15.6 Å². The molecule has 4 heteroatoms. The third-order valence-corrected chi connectivity index (χ3v) is 4.43. The van der Waals surface area contributed by atoms with Crippen molar-refractivity contribution in [2.45, 2.75) is 26.2 Å². The predicted molar refractivity (Wildman–Crippen MR) is 82.4 cm³/mol. The Bertz CT molecular complexity index is 581. The number of anilines is 1. The van der Waals surface area contributed by atoms with Crippen molar-refractivity contribution in [3.8, 4) is 0 Å². The van der Waals surface area contributed by atoms with Gasteiger partial charge < -0.3 is 5.32 Å². The summed E-state index contributed by atoms with van der Waals surface area (Å²) in [6.45, 7) is 6.42. The molecule has 1 amide bonds. The van der Waals surface area contributed by atoms with E-state index in [-0.39, 0.29) is 11.3 Å². The summed E-state index contributed by atoms with van der Waals surface area (Å²) in [5.74, 6) is -0.0807.